The third kappa shape index (κ3) is 7.12. The van der Waals surface area contributed by atoms with Crippen molar-refractivity contribution in [2.45, 2.75) is 58.7 Å². The molecule has 2 aromatic heterocycles. The zero-order valence-electron chi connectivity index (χ0n) is 18.9. The van der Waals surface area contributed by atoms with Gasteiger partial charge in [0.2, 0.25) is 11.7 Å². The predicted octanol–water partition coefficient (Wildman–Crippen LogP) is 0.0610. The van der Waals surface area contributed by atoms with Crippen LogP contribution in [-0.4, -0.2) is 66.9 Å². The van der Waals surface area contributed by atoms with E-state index >= 15 is 0 Å². The molecule has 0 radical (unpaired) electrons. The van der Waals surface area contributed by atoms with Gasteiger partial charge in [-0.05, 0) is 25.2 Å². The highest BCUT2D eigenvalue weighted by molar-refractivity contribution is 6.38. The summed E-state index contributed by atoms with van der Waals surface area (Å²) in [4.78, 5) is 60.4. The highest BCUT2D eigenvalue weighted by Crippen LogP contribution is 2.14. The van der Waals surface area contributed by atoms with Crippen molar-refractivity contribution >= 4 is 40.7 Å². The number of hydrogen-bond acceptors (Lipinski definition) is 8. The van der Waals surface area contributed by atoms with Crippen LogP contribution in [-0.2, 0) is 20.9 Å². The second-order valence-corrected chi connectivity index (χ2v) is 7.94. The van der Waals surface area contributed by atoms with E-state index in [1.807, 2.05) is 13.8 Å². The lowest BCUT2D eigenvalue weighted by molar-refractivity contribution is -0.140. The van der Waals surface area contributed by atoms with Crippen LogP contribution in [0.3, 0.4) is 0 Å². The molecule has 0 spiro atoms. The second-order valence-electron chi connectivity index (χ2n) is 7.94. The number of carbonyl (C=O) groups excluding carboxylic acids is 3. The van der Waals surface area contributed by atoms with Crippen LogP contribution in [0.4, 0.5) is 10.6 Å². The zero-order valence-corrected chi connectivity index (χ0v) is 18.9. The Morgan fingerprint density at radius 2 is 1.85 bits per heavy atom. The van der Waals surface area contributed by atoms with E-state index in [9.17, 15) is 19.2 Å². The molecule has 0 aliphatic rings. The number of amides is 3. The standard InChI is InChI=1S/C20H30N8O5/c1-4-12(26-18(30)13(8-11(2)3)27-20(32)33)15(29)19(31)22-6-5-7-28-10-25-14-16(21)23-9-24-17(14)28/h9-13,27H,4-8H2,1-3H3,(H,22,31)(H,26,30)(H,32,33)(H2,21,23,24)/t12?,13-/m0/s1. The van der Waals surface area contributed by atoms with Crippen LogP contribution in [0.2, 0.25) is 0 Å². The van der Waals surface area contributed by atoms with Crippen LogP contribution in [0.25, 0.3) is 11.2 Å². The quantitative estimate of drug-likeness (QED) is 0.214. The highest BCUT2D eigenvalue weighted by atomic mass is 16.4. The smallest absolute Gasteiger partial charge is 0.405 e. The van der Waals surface area contributed by atoms with E-state index in [0.29, 0.717) is 24.1 Å². The summed E-state index contributed by atoms with van der Waals surface area (Å²) >= 11 is 0. The van der Waals surface area contributed by atoms with Gasteiger partial charge in [0, 0.05) is 13.1 Å². The number of aryl methyl sites for hydroxylation is 1. The Hall–Kier alpha value is -3.77. The molecular formula is C20H30N8O5. The number of anilines is 1. The lowest BCUT2D eigenvalue weighted by Gasteiger charge is -2.22. The van der Waals surface area contributed by atoms with Crippen LogP contribution in [0.1, 0.15) is 40.0 Å². The molecular weight excluding hydrogens is 432 g/mol. The lowest BCUT2D eigenvalue weighted by Crippen LogP contribution is -2.53. The van der Waals surface area contributed by atoms with Crippen molar-refractivity contribution < 1.29 is 24.3 Å². The van der Waals surface area contributed by atoms with Crippen LogP contribution in [0, 0.1) is 5.92 Å². The van der Waals surface area contributed by atoms with Gasteiger partial charge in [0.15, 0.2) is 11.5 Å². The minimum absolute atomic E-state index is 0.0437. The number of nitrogens with zero attached hydrogens (tertiary/aromatic N) is 4. The van der Waals surface area contributed by atoms with Crippen LogP contribution < -0.4 is 21.7 Å². The summed E-state index contributed by atoms with van der Waals surface area (Å²) in [6, 6.07) is -2.07. The van der Waals surface area contributed by atoms with Crippen molar-refractivity contribution in [2.24, 2.45) is 5.92 Å². The Balaban J connectivity index is 1.87. The van der Waals surface area contributed by atoms with Crippen LogP contribution in [0.15, 0.2) is 12.7 Å². The molecule has 33 heavy (non-hydrogen) atoms. The number of nitrogen functional groups attached to an aromatic ring is 1. The topological polar surface area (TPSA) is 194 Å². The van der Waals surface area contributed by atoms with Gasteiger partial charge in [-0.3, -0.25) is 14.4 Å². The summed E-state index contributed by atoms with van der Waals surface area (Å²) < 4.78 is 1.76. The van der Waals surface area contributed by atoms with Gasteiger partial charge in [0.1, 0.15) is 17.9 Å². The molecule has 0 aliphatic heterocycles. The van der Waals surface area contributed by atoms with E-state index in [0.717, 1.165) is 0 Å². The van der Waals surface area contributed by atoms with Crippen molar-refractivity contribution in [1.29, 1.82) is 0 Å². The molecule has 2 atom stereocenters. The van der Waals surface area contributed by atoms with E-state index in [1.54, 1.807) is 17.8 Å². The summed E-state index contributed by atoms with van der Waals surface area (Å²) in [7, 11) is 0. The SMILES string of the molecule is CCC(NC(=O)[C@H](CC(C)C)NC(=O)O)C(=O)C(=O)NCCCn1cnc2c(N)ncnc21. The van der Waals surface area contributed by atoms with Crippen LogP contribution in [0.5, 0.6) is 0 Å². The largest absolute Gasteiger partial charge is 0.465 e. The monoisotopic (exact) mass is 462 g/mol. The van der Waals surface area contributed by atoms with E-state index in [-0.39, 0.29) is 31.1 Å². The number of nitrogens with two attached hydrogens (primary N) is 1. The maximum absolute atomic E-state index is 12.5. The minimum Gasteiger partial charge on any atom is -0.465 e. The molecule has 0 saturated heterocycles. The number of rotatable bonds is 12. The van der Waals surface area contributed by atoms with E-state index in [1.165, 1.54) is 6.33 Å². The van der Waals surface area contributed by atoms with Crippen molar-refractivity contribution in [3.8, 4) is 0 Å². The Kier molecular flexibility index (Phi) is 9.07. The lowest BCUT2D eigenvalue weighted by atomic mass is 10.0. The summed E-state index contributed by atoms with van der Waals surface area (Å²) in [5, 5.41) is 16.1. The first-order valence-electron chi connectivity index (χ1n) is 10.7. The molecule has 180 valence electrons. The Bertz CT molecular complexity index is 1010. The molecule has 3 amide bonds. The fourth-order valence-corrected chi connectivity index (χ4v) is 3.24. The highest BCUT2D eigenvalue weighted by Gasteiger charge is 2.29. The predicted molar refractivity (Wildman–Crippen MR) is 119 cm³/mol. The molecule has 13 nitrogen and oxygen atoms in total. The summed E-state index contributed by atoms with van der Waals surface area (Å²) in [6.45, 7) is 6.02. The molecule has 0 aromatic carbocycles. The maximum atomic E-state index is 12.5. The number of imidazole rings is 1. The number of aromatic nitrogens is 4. The van der Waals surface area contributed by atoms with Gasteiger partial charge in [-0.2, -0.15) is 0 Å². The zero-order chi connectivity index (χ0) is 24.5. The third-order valence-corrected chi connectivity index (χ3v) is 4.88. The van der Waals surface area contributed by atoms with Crippen molar-refractivity contribution in [2.75, 3.05) is 12.3 Å². The summed E-state index contributed by atoms with van der Waals surface area (Å²) in [6.07, 6.45) is 2.51. The molecule has 0 aliphatic carbocycles. The van der Waals surface area contributed by atoms with Gasteiger partial charge in [-0.1, -0.05) is 20.8 Å². The molecule has 6 N–H and O–H groups in total. The fourth-order valence-electron chi connectivity index (χ4n) is 3.24. The molecule has 0 saturated carbocycles. The van der Waals surface area contributed by atoms with E-state index in [2.05, 4.69) is 30.9 Å². The van der Waals surface area contributed by atoms with Gasteiger partial charge in [0.05, 0.1) is 12.4 Å². The minimum atomic E-state index is -1.34. The van der Waals surface area contributed by atoms with Gasteiger partial charge < -0.3 is 31.4 Å². The summed E-state index contributed by atoms with van der Waals surface area (Å²) in [5.41, 5.74) is 6.82. The number of carbonyl (C=O) groups is 4. The molecule has 2 aromatic rings. The normalized spacial score (nSPS) is 12.8. The third-order valence-electron chi connectivity index (χ3n) is 4.88. The molecule has 0 bridgehead atoms. The number of nitrogens with one attached hydrogen (secondary N) is 3. The van der Waals surface area contributed by atoms with E-state index < -0.39 is 35.8 Å². The first-order chi connectivity index (χ1) is 15.6. The first kappa shape index (κ1) is 25.5. The average Bonchev–Trinajstić information content (AvgIpc) is 3.17. The fraction of sp³-hybridized carbons (Fsp3) is 0.550. The molecule has 2 rings (SSSR count). The molecule has 13 heteroatoms. The van der Waals surface area contributed by atoms with Gasteiger partial charge >= 0.3 is 6.09 Å². The molecule has 1 unspecified atom stereocenters. The number of Topliss-reactive ketones (excluding diaryl/α,β-unsaturated/α-hetero) is 1. The van der Waals surface area contributed by atoms with Gasteiger partial charge in [0.25, 0.3) is 5.91 Å². The van der Waals surface area contributed by atoms with Crippen molar-refractivity contribution in [3.05, 3.63) is 12.7 Å². The van der Waals surface area contributed by atoms with Gasteiger partial charge in [-0.15, -0.1) is 0 Å². The van der Waals surface area contributed by atoms with Crippen molar-refractivity contribution in [1.82, 2.24) is 35.5 Å². The Labute approximate surface area is 190 Å². The number of fused-ring (bicyclic) bond motifs is 1. The maximum Gasteiger partial charge on any atom is 0.405 e. The number of hydrogen-bond donors (Lipinski definition) is 5. The van der Waals surface area contributed by atoms with E-state index in [4.69, 9.17) is 10.8 Å². The van der Waals surface area contributed by atoms with Crippen LogP contribution >= 0.6 is 0 Å². The van der Waals surface area contributed by atoms with Crippen molar-refractivity contribution in [3.63, 3.8) is 0 Å². The number of ketones is 1. The molecule has 0 fully saturated rings. The summed E-state index contributed by atoms with van der Waals surface area (Å²) in [5.74, 6) is -1.94. The number of carboxylic acid groups (broad SMARTS) is 1. The Morgan fingerprint density at radius 1 is 1.12 bits per heavy atom. The second kappa shape index (κ2) is 11.7. The molecule has 2 heterocycles. The first-order valence-corrected chi connectivity index (χ1v) is 10.7. The average molecular weight is 463 g/mol. The Morgan fingerprint density at radius 3 is 2.48 bits per heavy atom. The van der Waals surface area contributed by atoms with Gasteiger partial charge in [-0.25, -0.2) is 19.7 Å².